The Morgan fingerprint density at radius 1 is 1.36 bits per heavy atom. The summed E-state index contributed by atoms with van der Waals surface area (Å²) in [7, 11) is 0. The normalized spacial score (nSPS) is 22.0. The number of hydrogen-bond donors (Lipinski definition) is 2. The molecule has 1 fully saturated rings. The first-order chi connectivity index (χ1) is 10.7. The molecule has 0 spiro atoms. The second-order valence-electron chi connectivity index (χ2n) is 6.36. The van der Waals surface area contributed by atoms with Gasteiger partial charge in [-0.05, 0) is 43.1 Å². The van der Waals surface area contributed by atoms with Gasteiger partial charge in [0.1, 0.15) is 5.82 Å². The van der Waals surface area contributed by atoms with Crippen LogP contribution in [0.2, 0.25) is 0 Å². The molecule has 0 saturated carbocycles. The number of H-pyrrole nitrogens is 1. The van der Waals surface area contributed by atoms with E-state index in [1.54, 1.807) is 6.07 Å². The highest BCUT2D eigenvalue weighted by atomic mass is 19.1. The number of carbonyl (C=O) groups is 1. The summed E-state index contributed by atoms with van der Waals surface area (Å²) in [5.74, 6) is 0.183. The van der Waals surface area contributed by atoms with Gasteiger partial charge in [-0.2, -0.15) is 0 Å². The minimum atomic E-state index is -0.186. The van der Waals surface area contributed by atoms with Crippen molar-refractivity contribution in [3.8, 4) is 0 Å². The second kappa shape index (κ2) is 5.39. The van der Waals surface area contributed by atoms with E-state index in [-0.39, 0.29) is 17.6 Å². The molecule has 0 unspecified atom stereocenters. The molecular formula is C17H20FN3O. The Kier molecular flexibility index (Phi) is 3.37. The molecule has 1 amide bonds. The Morgan fingerprint density at radius 2 is 2.27 bits per heavy atom. The number of benzene rings is 1. The fourth-order valence-corrected chi connectivity index (χ4v) is 3.69. The van der Waals surface area contributed by atoms with E-state index >= 15 is 0 Å². The summed E-state index contributed by atoms with van der Waals surface area (Å²) >= 11 is 0. The molecule has 3 heterocycles. The van der Waals surface area contributed by atoms with Crippen LogP contribution < -0.4 is 5.32 Å². The van der Waals surface area contributed by atoms with Crippen LogP contribution in [0.3, 0.4) is 0 Å². The van der Waals surface area contributed by atoms with E-state index in [2.05, 4.69) is 15.2 Å². The molecule has 1 atom stereocenters. The lowest BCUT2D eigenvalue weighted by Crippen LogP contribution is -2.33. The smallest absolute Gasteiger partial charge is 0.223 e. The van der Waals surface area contributed by atoms with Crippen molar-refractivity contribution in [3.05, 3.63) is 35.3 Å². The zero-order valence-electron chi connectivity index (χ0n) is 12.5. The maximum absolute atomic E-state index is 13.5. The Morgan fingerprint density at radius 3 is 3.09 bits per heavy atom. The first-order valence-electron chi connectivity index (χ1n) is 8.00. The van der Waals surface area contributed by atoms with E-state index in [1.165, 1.54) is 17.3 Å². The predicted molar refractivity (Wildman–Crippen MR) is 83.0 cm³/mol. The summed E-state index contributed by atoms with van der Waals surface area (Å²) in [6.45, 7) is 3.58. The van der Waals surface area contributed by atoms with Crippen molar-refractivity contribution in [1.82, 2.24) is 15.2 Å². The average Bonchev–Trinajstić information content (AvgIpc) is 3.08. The molecule has 5 heteroatoms. The van der Waals surface area contributed by atoms with E-state index in [9.17, 15) is 9.18 Å². The molecule has 4 rings (SSSR count). The van der Waals surface area contributed by atoms with Gasteiger partial charge < -0.3 is 10.3 Å². The quantitative estimate of drug-likeness (QED) is 0.913. The van der Waals surface area contributed by atoms with Crippen LogP contribution in [-0.4, -0.2) is 35.4 Å². The molecular weight excluding hydrogens is 281 g/mol. The van der Waals surface area contributed by atoms with E-state index in [0.717, 1.165) is 56.3 Å². The molecule has 1 saturated heterocycles. The number of nitrogens with zero attached hydrogens (tertiary/aromatic N) is 1. The Bertz CT molecular complexity index is 724. The summed E-state index contributed by atoms with van der Waals surface area (Å²) in [5, 5.41) is 3.89. The molecule has 0 radical (unpaired) electrons. The number of aromatic amines is 1. The van der Waals surface area contributed by atoms with E-state index in [0.29, 0.717) is 0 Å². The van der Waals surface area contributed by atoms with Gasteiger partial charge >= 0.3 is 0 Å². The monoisotopic (exact) mass is 301 g/mol. The van der Waals surface area contributed by atoms with Gasteiger partial charge in [0.2, 0.25) is 5.91 Å². The molecule has 2 aromatic rings. The van der Waals surface area contributed by atoms with Crippen molar-refractivity contribution < 1.29 is 9.18 Å². The van der Waals surface area contributed by atoms with Crippen molar-refractivity contribution in [3.63, 3.8) is 0 Å². The van der Waals surface area contributed by atoms with Gasteiger partial charge in [-0.15, -0.1) is 0 Å². The van der Waals surface area contributed by atoms with Crippen LogP contribution in [0.4, 0.5) is 4.39 Å². The molecule has 2 aliphatic heterocycles. The predicted octanol–water partition coefficient (Wildman–Crippen LogP) is 2.19. The van der Waals surface area contributed by atoms with Crippen LogP contribution in [0, 0.1) is 11.7 Å². The van der Waals surface area contributed by atoms with Crippen LogP contribution in [0.5, 0.6) is 0 Å². The van der Waals surface area contributed by atoms with Gasteiger partial charge in [-0.25, -0.2) is 4.39 Å². The van der Waals surface area contributed by atoms with Gasteiger partial charge in [-0.3, -0.25) is 9.69 Å². The van der Waals surface area contributed by atoms with Crippen LogP contribution >= 0.6 is 0 Å². The summed E-state index contributed by atoms with van der Waals surface area (Å²) in [4.78, 5) is 17.4. The van der Waals surface area contributed by atoms with E-state index in [1.807, 2.05) is 6.07 Å². The van der Waals surface area contributed by atoms with Crippen LogP contribution in [-0.2, 0) is 17.8 Å². The standard InChI is InChI=1S/C17H20FN3O/c18-12-1-2-15-13(9-12)14-10-21(8-5-16(14)20-15)7-4-11-3-6-19-17(11)22/h1-2,9,11,20H,3-8,10H2,(H,19,22)/t11-/m1/s1. The van der Waals surface area contributed by atoms with E-state index in [4.69, 9.17) is 0 Å². The van der Waals surface area contributed by atoms with Crippen LogP contribution in [0.1, 0.15) is 24.1 Å². The highest BCUT2D eigenvalue weighted by Gasteiger charge is 2.26. The zero-order chi connectivity index (χ0) is 15.1. The molecule has 4 nitrogen and oxygen atoms in total. The first-order valence-corrected chi connectivity index (χ1v) is 8.00. The maximum Gasteiger partial charge on any atom is 0.223 e. The Balaban J connectivity index is 1.49. The number of nitrogens with one attached hydrogen (secondary N) is 2. The molecule has 22 heavy (non-hydrogen) atoms. The lowest BCUT2D eigenvalue weighted by molar-refractivity contribution is -0.122. The Hall–Kier alpha value is -1.88. The molecule has 1 aromatic carbocycles. The lowest BCUT2D eigenvalue weighted by atomic mass is 10.0. The zero-order valence-corrected chi connectivity index (χ0v) is 12.5. The van der Waals surface area contributed by atoms with Gasteiger partial charge in [0.25, 0.3) is 0 Å². The van der Waals surface area contributed by atoms with Gasteiger partial charge in [0, 0.05) is 48.6 Å². The van der Waals surface area contributed by atoms with Gasteiger partial charge in [-0.1, -0.05) is 0 Å². The number of fused-ring (bicyclic) bond motifs is 3. The molecule has 1 aromatic heterocycles. The number of carbonyl (C=O) groups excluding carboxylic acids is 1. The molecule has 2 N–H and O–H groups in total. The highest BCUT2D eigenvalue weighted by Crippen LogP contribution is 2.28. The van der Waals surface area contributed by atoms with Crippen molar-refractivity contribution in [2.45, 2.75) is 25.8 Å². The summed E-state index contributed by atoms with van der Waals surface area (Å²) in [5.41, 5.74) is 3.47. The summed E-state index contributed by atoms with van der Waals surface area (Å²) in [6.07, 6.45) is 2.83. The van der Waals surface area contributed by atoms with E-state index < -0.39 is 0 Å². The molecule has 116 valence electrons. The van der Waals surface area contributed by atoms with Crippen molar-refractivity contribution in [1.29, 1.82) is 0 Å². The van der Waals surface area contributed by atoms with Crippen LogP contribution in [0.25, 0.3) is 10.9 Å². The van der Waals surface area contributed by atoms with Gasteiger partial charge in [0.15, 0.2) is 0 Å². The van der Waals surface area contributed by atoms with Crippen molar-refractivity contribution >= 4 is 16.8 Å². The van der Waals surface area contributed by atoms with Crippen molar-refractivity contribution in [2.24, 2.45) is 5.92 Å². The minimum Gasteiger partial charge on any atom is -0.358 e. The van der Waals surface area contributed by atoms with Gasteiger partial charge in [0.05, 0.1) is 0 Å². The fraction of sp³-hybridized carbons (Fsp3) is 0.471. The number of hydrogen-bond acceptors (Lipinski definition) is 2. The summed E-state index contributed by atoms with van der Waals surface area (Å²) in [6, 6.07) is 4.94. The number of rotatable bonds is 3. The fourth-order valence-electron chi connectivity index (χ4n) is 3.69. The lowest BCUT2D eigenvalue weighted by Gasteiger charge is -2.27. The maximum atomic E-state index is 13.5. The third kappa shape index (κ3) is 2.39. The third-order valence-electron chi connectivity index (χ3n) is 4.97. The second-order valence-corrected chi connectivity index (χ2v) is 6.36. The van der Waals surface area contributed by atoms with Crippen LogP contribution in [0.15, 0.2) is 18.2 Å². The number of aromatic nitrogens is 1. The first kappa shape index (κ1) is 13.8. The Labute approximate surface area is 128 Å². The summed E-state index contributed by atoms with van der Waals surface area (Å²) < 4.78 is 13.5. The highest BCUT2D eigenvalue weighted by molar-refractivity contribution is 5.85. The average molecular weight is 301 g/mol. The topological polar surface area (TPSA) is 48.1 Å². The number of halogens is 1. The van der Waals surface area contributed by atoms with Crippen molar-refractivity contribution in [2.75, 3.05) is 19.6 Å². The SMILES string of the molecule is O=C1NCC[C@@H]1CCN1CCc2[nH]c3ccc(F)cc3c2C1. The molecule has 0 aliphatic carbocycles. The minimum absolute atomic E-state index is 0.168. The molecule has 2 aliphatic rings. The largest absolute Gasteiger partial charge is 0.358 e. The number of amides is 1. The third-order valence-corrected chi connectivity index (χ3v) is 4.97. The molecule has 0 bridgehead atoms.